The first kappa shape index (κ1) is 12.0. The van der Waals surface area contributed by atoms with Gasteiger partial charge in [0.1, 0.15) is 18.0 Å². The first-order valence-electron chi connectivity index (χ1n) is 4.79. The van der Waals surface area contributed by atoms with E-state index in [1.165, 1.54) is 6.33 Å². The molecule has 0 amide bonds. The molecule has 90 valence electrons. The summed E-state index contributed by atoms with van der Waals surface area (Å²) in [4.78, 5) is 0. The van der Waals surface area contributed by atoms with E-state index in [4.69, 9.17) is 0 Å². The number of halogens is 3. The molecule has 17 heavy (non-hydrogen) atoms. The van der Waals surface area contributed by atoms with Crippen LogP contribution >= 0.6 is 15.9 Å². The van der Waals surface area contributed by atoms with Crippen molar-refractivity contribution in [2.75, 3.05) is 5.32 Å². The Bertz CT molecular complexity index is 541. The van der Waals surface area contributed by atoms with Gasteiger partial charge in [-0.05, 0) is 22.0 Å². The fraction of sp³-hybridized carbons (Fsp3) is 0.200. The Morgan fingerprint density at radius 2 is 2.12 bits per heavy atom. The highest BCUT2D eigenvalue weighted by atomic mass is 79.9. The summed E-state index contributed by atoms with van der Waals surface area (Å²) in [5.74, 6) is -0.417. The van der Waals surface area contributed by atoms with Crippen molar-refractivity contribution in [1.82, 2.24) is 14.8 Å². The molecule has 1 aromatic carbocycles. The van der Waals surface area contributed by atoms with E-state index in [0.29, 0.717) is 5.82 Å². The van der Waals surface area contributed by atoms with Crippen LogP contribution in [0.3, 0.4) is 0 Å². The zero-order chi connectivity index (χ0) is 12.4. The summed E-state index contributed by atoms with van der Waals surface area (Å²) in [5, 5.41) is 10.3. The van der Waals surface area contributed by atoms with E-state index in [2.05, 4.69) is 31.4 Å². The molecule has 0 atom stereocenters. The van der Waals surface area contributed by atoms with E-state index in [-0.39, 0.29) is 16.7 Å². The maximum atomic E-state index is 13.5. The summed E-state index contributed by atoms with van der Waals surface area (Å²) in [5.41, 5.74) is 0.0914. The zero-order valence-electron chi connectivity index (χ0n) is 8.91. The van der Waals surface area contributed by atoms with E-state index in [0.717, 1.165) is 12.1 Å². The quantitative estimate of drug-likeness (QED) is 0.886. The molecule has 0 fully saturated rings. The number of hydrogen-bond acceptors (Lipinski definition) is 3. The van der Waals surface area contributed by atoms with Gasteiger partial charge in [-0.2, -0.15) is 0 Å². The Labute approximate surface area is 105 Å². The first-order valence-corrected chi connectivity index (χ1v) is 5.58. The van der Waals surface area contributed by atoms with Gasteiger partial charge in [0.05, 0.1) is 16.7 Å². The molecule has 2 rings (SSSR count). The summed E-state index contributed by atoms with van der Waals surface area (Å²) in [6.45, 7) is 0.272. The molecule has 1 aromatic heterocycles. The highest BCUT2D eigenvalue weighted by Gasteiger charge is 2.09. The van der Waals surface area contributed by atoms with Crippen molar-refractivity contribution in [3.8, 4) is 0 Å². The van der Waals surface area contributed by atoms with Crippen molar-refractivity contribution < 1.29 is 8.78 Å². The number of aryl methyl sites for hydroxylation is 1. The van der Waals surface area contributed by atoms with E-state index in [9.17, 15) is 8.78 Å². The van der Waals surface area contributed by atoms with E-state index < -0.39 is 11.6 Å². The molecular weight excluding hydrogens is 294 g/mol. The summed E-state index contributed by atoms with van der Waals surface area (Å²) in [6, 6.07) is 2.17. The Morgan fingerprint density at radius 1 is 1.35 bits per heavy atom. The minimum absolute atomic E-state index is 0.0914. The van der Waals surface area contributed by atoms with Gasteiger partial charge in [0.25, 0.3) is 0 Å². The molecule has 0 bridgehead atoms. The maximum absolute atomic E-state index is 13.5. The Kier molecular flexibility index (Phi) is 3.37. The number of benzene rings is 1. The van der Waals surface area contributed by atoms with Crippen molar-refractivity contribution in [3.63, 3.8) is 0 Å². The van der Waals surface area contributed by atoms with Gasteiger partial charge in [-0.3, -0.25) is 0 Å². The molecule has 0 aliphatic heterocycles. The topological polar surface area (TPSA) is 42.7 Å². The molecule has 2 aromatic rings. The van der Waals surface area contributed by atoms with Crippen LogP contribution in [0.4, 0.5) is 14.5 Å². The third kappa shape index (κ3) is 2.60. The molecule has 7 heteroatoms. The smallest absolute Gasteiger partial charge is 0.151 e. The van der Waals surface area contributed by atoms with Gasteiger partial charge < -0.3 is 9.88 Å². The number of rotatable bonds is 3. The minimum Gasteiger partial charge on any atom is -0.375 e. The number of nitrogens with zero attached hydrogens (tertiary/aromatic N) is 3. The SMILES string of the molecule is Cn1cnnc1CNc1cc(F)c(Br)cc1F. The summed E-state index contributed by atoms with van der Waals surface area (Å²) >= 11 is 2.91. The van der Waals surface area contributed by atoms with Gasteiger partial charge in [-0.25, -0.2) is 8.78 Å². The summed E-state index contributed by atoms with van der Waals surface area (Å²) in [7, 11) is 1.77. The van der Waals surface area contributed by atoms with Crippen LogP contribution in [0, 0.1) is 11.6 Å². The molecule has 0 aliphatic rings. The molecule has 0 unspecified atom stereocenters. The molecule has 1 heterocycles. The van der Waals surface area contributed by atoms with Crippen LogP contribution in [0.15, 0.2) is 22.9 Å². The molecule has 0 spiro atoms. The molecule has 0 aliphatic carbocycles. The van der Waals surface area contributed by atoms with Gasteiger partial charge in [0.15, 0.2) is 5.82 Å². The lowest BCUT2D eigenvalue weighted by atomic mass is 10.3. The largest absolute Gasteiger partial charge is 0.375 e. The Morgan fingerprint density at radius 3 is 2.76 bits per heavy atom. The Balaban J connectivity index is 2.14. The second kappa shape index (κ2) is 4.79. The second-order valence-corrected chi connectivity index (χ2v) is 4.31. The third-order valence-corrected chi connectivity index (χ3v) is 2.86. The van der Waals surface area contributed by atoms with Crippen LogP contribution in [0.2, 0.25) is 0 Å². The van der Waals surface area contributed by atoms with Gasteiger partial charge in [-0.15, -0.1) is 10.2 Å². The van der Waals surface area contributed by atoms with Gasteiger partial charge in [0, 0.05) is 13.1 Å². The molecule has 1 N–H and O–H groups in total. The standard InChI is InChI=1S/C10H9BrF2N4/c1-17-5-15-16-10(17)4-14-9-3-7(12)6(11)2-8(9)13/h2-3,5,14H,4H2,1H3. The number of hydrogen-bond donors (Lipinski definition) is 1. The average Bonchev–Trinajstić information content (AvgIpc) is 2.68. The average molecular weight is 303 g/mol. The number of nitrogens with one attached hydrogen (secondary N) is 1. The molecule has 0 radical (unpaired) electrons. The molecule has 4 nitrogen and oxygen atoms in total. The zero-order valence-corrected chi connectivity index (χ0v) is 10.5. The molecule has 0 saturated carbocycles. The van der Waals surface area contributed by atoms with Crippen LogP contribution in [-0.4, -0.2) is 14.8 Å². The predicted octanol–water partition coefficient (Wildman–Crippen LogP) is 2.47. The van der Waals surface area contributed by atoms with E-state index in [1.807, 2.05) is 0 Å². The van der Waals surface area contributed by atoms with E-state index >= 15 is 0 Å². The van der Waals surface area contributed by atoms with Crippen LogP contribution < -0.4 is 5.32 Å². The lowest BCUT2D eigenvalue weighted by molar-refractivity contribution is 0.596. The Hall–Kier alpha value is -1.50. The van der Waals surface area contributed by atoms with Crippen LogP contribution in [-0.2, 0) is 13.6 Å². The lowest BCUT2D eigenvalue weighted by Crippen LogP contribution is -2.07. The maximum Gasteiger partial charge on any atom is 0.151 e. The van der Waals surface area contributed by atoms with Crippen molar-refractivity contribution >= 4 is 21.6 Å². The monoisotopic (exact) mass is 302 g/mol. The van der Waals surface area contributed by atoms with Gasteiger partial charge in [0.2, 0.25) is 0 Å². The fourth-order valence-electron chi connectivity index (χ4n) is 1.30. The lowest BCUT2D eigenvalue weighted by Gasteiger charge is -2.07. The van der Waals surface area contributed by atoms with Crippen molar-refractivity contribution in [2.45, 2.75) is 6.54 Å². The predicted molar refractivity (Wildman–Crippen MR) is 62.4 cm³/mol. The van der Waals surface area contributed by atoms with Gasteiger partial charge >= 0.3 is 0 Å². The molecule has 0 saturated heterocycles. The highest BCUT2D eigenvalue weighted by molar-refractivity contribution is 9.10. The second-order valence-electron chi connectivity index (χ2n) is 3.46. The van der Waals surface area contributed by atoms with Crippen molar-refractivity contribution in [1.29, 1.82) is 0 Å². The van der Waals surface area contributed by atoms with Crippen molar-refractivity contribution in [3.05, 3.63) is 40.4 Å². The normalized spacial score (nSPS) is 10.6. The van der Waals surface area contributed by atoms with E-state index in [1.54, 1.807) is 11.6 Å². The summed E-state index contributed by atoms with van der Waals surface area (Å²) in [6.07, 6.45) is 1.54. The minimum atomic E-state index is -0.527. The highest BCUT2D eigenvalue weighted by Crippen LogP contribution is 2.23. The fourth-order valence-corrected chi connectivity index (χ4v) is 1.61. The number of anilines is 1. The summed E-state index contributed by atoms with van der Waals surface area (Å²) < 4.78 is 28.5. The van der Waals surface area contributed by atoms with Crippen LogP contribution in [0.1, 0.15) is 5.82 Å². The van der Waals surface area contributed by atoms with Crippen LogP contribution in [0.5, 0.6) is 0 Å². The third-order valence-electron chi connectivity index (χ3n) is 2.25. The molecular formula is C10H9BrF2N4. The number of aromatic nitrogens is 3. The van der Waals surface area contributed by atoms with Crippen molar-refractivity contribution in [2.24, 2.45) is 7.05 Å². The first-order chi connectivity index (χ1) is 8.08. The van der Waals surface area contributed by atoms with Gasteiger partial charge in [-0.1, -0.05) is 0 Å². The van der Waals surface area contributed by atoms with Crippen LogP contribution in [0.25, 0.3) is 0 Å².